The van der Waals surface area contributed by atoms with E-state index in [9.17, 15) is 9.59 Å². The molecule has 174 valence electrons. The lowest BCUT2D eigenvalue weighted by Gasteiger charge is -2.08. The molecule has 6 nitrogen and oxygen atoms in total. The maximum Gasteiger partial charge on any atom is 0.338 e. The van der Waals surface area contributed by atoms with Gasteiger partial charge in [0.25, 0.3) is 0 Å². The molecule has 7 heteroatoms. The Hall–Kier alpha value is -3.06. The summed E-state index contributed by atoms with van der Waals surface area (Å²) in [6.45, 7) is 6.76. The van der Waals surface area contributed by atoms with Crippen molar-refractivity contribution in [1.29, 1.82) is 0 Å². The SMILES string of the molecule is CCCn1nc(Cc2ccc(C)cc2)cc1COC(=O)c1ccc(SCC(C)C(=O)O)cc1. The predicted molar refractivity (Wildman–Crippen MR) is 130 cm³/mol. The summed E-state index contributed by atoms with van der Waals surface area (Å²) in [7, 11) is 0. The maximum absolute atomic E-state index is 12.5. The molecule has 3 aromatic rings. The first-order valence-electron chi connectivity index (χ1n) is 11.1. The first-order chi connectivity index (χ1) is 15.9. The molecule has 33 heavy (non-hydrogen) atoms. The molecule has 1 aromatic heterocycles. The van der Waals surface area contributed by atoms with Crippen molar-refractivity contribution >= 4 is 23.7 Å². The van der Waals surface area contributed by atoms with Gasteiger partial charge in [-0.15, -0.1) is 11.8 Å². The normalized spacial score (nSPS) is 11.8. The highest BCUT2D eigenvalue weighted by atomic mass is 32.2. The monoisotopic (exact) mass is 466 g/mol. The van der Waals surface area contributed by atoms with Gasteiger partial charge in [0.2, 0.25) is 0 Å². The summed E-state index contributed by atoms with van der Waals surface area (Å²) in [6, 6.07) is 17.5. The number of aromatic nitrogens is 2. The van der Waals surface area contributed by atoms with E-state index in [1.54, 1.807) is 19.1 Å². The summed E-state index contributed by atoms with van der Waals surface area (Å²) >= 11 is 1.45. The first kappa shape index (κ1) is 24.6. The second-order valence-corrected chi connectivity index (χ2v) is 9.26. The molecule has 3 rings (SSSR count). The minimum absolute atomic E-state index is 0.159. The van der Waals surface area contributed by atoms with Gasteiger partial charge < -0.3 is 9.84 Å². The first-order valence-corrected chi connectivity index (χ1v) is 12.1. The molecule has 0 saturated carbocycles. The predicted octanol–water partition coefficient (Wildman–Crippen LogP) is 5.36. The van der Waals surface area contributed by atoms with Crippen molar-refractivity contribution in [2.24, 2.45) is 5.92 Å². The van der Waals surface area contributed by atoms with Crippen LogP contribution in [0.15, 0.2) is 59.5 Å². The Kier molecular flexibility index (Phi) is 8.72. The number of esters is 1. The van der Waals surface area contributed by atoms with E-state index in [1.165, 1.54) is 22.9 Å². The molecule has 0 amide bonds. The van der Waals surface area contributed by atoms with Crippen LogP contribution in [-0.2, 0) is 29.1 Å². The quantitative estimate of drug-likeness (QED) is 0.303. The Balaban J connectivity index is 1.60. The highest BCUT2D eigenvalue weighted by Gasteiger charge is 2.14. The molecule has 1 atom stereocenters. The number of carbonyl (C=O) groups excluding carboxylic acids is 1. The molecule has 0 aliphatic heterocycles. The van der Waals surface area contributed by atoms with E-state index < -0.39 is 17.9 Å². The smallest absolute Gasteiger partial charge is 0.338 e. The molecular formula is C26H30N2O4S. The maximum atomic E-state index is 12.5. The Morgan fingerprint density at radius 2 is 1.82 bits per heavy atom. The number of nitrogens with zero attached hydrogens (tertiary/aromatic N) is 2. The Morgan fingerprint density at radius 3 is 2.45 bits per heavy atom. The minimum atomic E-state index is -0.813. The molecule has 1 N–H and O–H groups in total. The van der Waals surface area contributed by atoms with Crippen molar-refractivity contribution in [3.8, 4) is 0 Å². The zero-order chi connectivity index (χ0) is 23.8. The number of rotatable bonds is 11. The van der Waals surface area contributed by atoms with Crippen molar-refractivity contribution in [3.05, 3.63) is 82.7 Å². The Labute approximate surface area is 199 Å². The van der Waals surface area contributed by atoms with Gasteiger partial charge >= 0.3 is 11.9 Å². The number of hydrogen-bond acceptors (Lipinski definition) is 5. The third kappa shape index (κ3) is 7.22. The van der Waals surface area contributed by atoms with E-state index in [0.717, 1.165) is 35.7 Å². The molecule has 0 aliphatic rings. The van der Waals surface area contributed by atoms with Crippen LogP contribution in [0.5, 0.6) is 0 Å². The van der Waals surface area contributed by atoms with E-state index in [-0.39, 0.29) is 6.61 Å². The number of thioether (sulfide) groups is 1. The average molecular weight is 467 g/mol. The van der Waals surface area contributed by atoms with Gasteiger partial charge in [-0.3, -0.25) is 9.48 Å². The van der Waals surface area contributed by atoms with Gasteiger partial charge in [-0.1, -0.05) is 43.7 Å². The van der Waals surface area contributed by atoms with Gasteiger partial charge in [0.1, 0.15) is 6.61 Å². The number of hydrogen-bond donors (Lipinski definition) is 1. The molecule has 0 spiro atoms. The van der Waals surface area contributed by atoms with Crippen LogP contribution >= 0.6 is 11.8 Å². The summed E-state index contributed by atoms with van der Waals surface area (Å²) in [5.74, 6) is -1.16. The lowest BCUT2D eigenvalue weighted by atomic mass is 10.1. The minimum Gasteiger partial charge on any atom is -0.481 e. The summed E-state index contributed by atoms with van der Waals surface area (Å²) in [5, 5.41) is 13.7. The molecule has 0 radical (unpaired) electrons. The fourth-order valence-electron chi connectivity index (χ4n) is 3.24. The number of aliphatic carboxylic acids is 1. The average Bonchev–Trinajstić information content (AvgIpc) is 3.18. The summed E-state index contributed by atoms with van der Waals surface area (Å²) in [6.07, 6.45) is 1.67. The molecule has 1 heterocycles. The van der Waals surface area contributed by atoms with E-state index in [1.807, 2.05) is 22.9 Å². The summed E-state index contributed by atoms with van der Waals surface area (Å²) in [5.41, 5.74) is 4.72. The molecule has 0 saturated heterocycles. The summed E-state index contributed by atoms with van der Waals surface area (Å²) < 4.78 is 7.48. The number of carbonyl (C=O) groups is 2. The molecule has 1 unspecified atom stereocenters. The molecule has 2 aromatic carbocycles. The van der Waals surface area contributed by atoms with Crippen LogP contribution in [0, 0.1) is 12.8 Å². The van der Waals surface area contributed by atoms with Crippen molar-refractivity contribution in [1.82, 2.24) is 9.78 Å². The third-order valence-electron chi connectivity index (χ3n) is 5.22. The second kappa shape index (κ2) is 11.7. The fourth-order valence-corrected chi connectivity index (χ4v) is 4.15. The summed E-state index contributed by atoms with van der Waals surface area (Å²) in [4.78, 5) is 24.4. The molecule has 0 fully saturated rings. The van der Waals surface area contributed by atoms with Gasteiger partial charge in [0.05, 0.1) is 22.9 Å². The topological polar surface area (TPSA) is 81.4 Å². The van der Waals surface area contributed by atoms with E-state index in [4.69, 9.17) is 14.9 Å². The van der Waals surface area contributed by atoms with Gasteiger partial charge in [-0.2, -0.15) is 5.10 Å². The van der Waals surface area contributed by atoms with Crippen molar-refractivity contribution in [3.63, 3.8) is 0 Å². The number of benzene rings is 2. The van der Waals surface area contributed by atoms with Crippen LogP contribution in [-0.4, -0.2) is 32.6 Å². The van der Waals surface area contributed by atoms with Crippen LogP contribution in [0.3, 0.4) is 0 Å². The fraction of sp³-hybridized carbons (Fsp3) is 0.346. The Morgan fingerprint density at radius 1 is 1.12 bits per heavy atom. The number of carboxylic acid groups (broad SMARTS) is 1. The molecular weight excluding hydrogens is 436 g/mol. The zero-order valence-electron chi connectivity index (χ0n) is 19.3. The lowest BCUT2D eigenvalue weighted by Crippen LogP contribution is -2.11. The standard InChI is InChI=1S/C26H30N2O4S/c1-4-13-28-23(15-22(27-28)14-20-7-5-18(2)6-8-20)16-32-26(31)21-9-11-24(12-10-21)33-17-19(3)25(29)30/h5-12,15,19H,4,13-14,16-17H2,1-3H3,(H,29,30). The van der Waals surface area contributed by atoms with E-state index in [2.05, 4.69) is 38.1 Å². The van der Waals surface area contributed by atoms with Crippen LogP contribution in [0.2, 0.25) is 0 Å². The van der Waals surface area contributed by atoms with Crippen LogP contribution < -0.4 is 0 Å². The number of aryl methyl sites for hydroxylation is 2. The van der Waals surface area contributed by atoms with E-state index in [0.29, 0.717) is 11.3 Å². The van der Waals surface area contributed by atoms with Gasteiger partial charge in [-0.05, 0) is 49.2 Å². The molecule has 0 bridgehead atoms. The number of ether oxygens (including phenoxy) is 1. The van der Waals surface area contributed by atoms with Crippen LogP contribution in [0.25, 0.3) is 0 Å². The molecule has 0 aliphatic carbocycles. The number of carboxylic acids is 1. The van der Waals surface area contributed by atoms with Crippen molar-refractivity contribution in [2.45, 2.75) is 51.7 Å². The van der Waals surface area contributed by atoms with Crippen LogP contribution in [0.1, 0.15) is 53.1 Å². The van der Waals surface area contributed by atoms with Crippen LogP contribution in [0.4, 0.5) is 0 Å². The lowest BCUT2D eigenvalue weighted by molar-refractivity contribution is -0.140. The van der Waals surface area contributed by atoms with Crippen molar-refractivity contribution < 1.29 is 19.4 Å². The third-order valence-corrected chi connectivity index (χ3v) is 6.49. The van der Waals surface area contributed by atoms with Gasteiger partial charge in [0.15, 0.2) is 0 Å². The Bertz CT molecular complexity index is 1070. The van der Waals surface area contributed by atoms with Crippen molar-refractivity contribution in [2.75, 3.05) is 5.75 Å². The highest BCUT2D eigenvalue weighted by Crippen LogP contribution is 2.22. The second-order valence-electron chi connectivity index (χ2n) is 8.16. The van der Waals surface area contributed by atoms with E-state index >= 15 is 0 Å². The largest absolute Gasteiger partial charge is 0.481 e. The van der Waals surface area contributed by atoms with Gasteiger partial charge in [-0.25, -0.2) is 4.79 Å². The zero-order valence-corrected chi connectivity index (χ0v) is 20.1. The van der Waals surface area contributed by atoms with Gasteiger partial charge in [0, 0.05) is 23.6 Å². The highest BCUT2D eigenvalue weighted by molar-refractivity contribution is 7.99.